The van der Waals surface area contributed by atoms with Crippen molar-refractivity contribution in [1.29, 1.82) is 0 Å². The Morgan fingerprint density at radius 1 is 1.21 bits per heavy atom. The van der Waals surface area contributed by atoms with Crippen molar-refractivity contribution in [3.8, 4) is 0 Å². The minimum Gasteiger partial charge on any atom is -0.478 e. The third kappa shape index (κ3) is 3.38. The smallest absolute Gasteiger partial charge is 0.335 e. The number of carboxylic acid groups (broad SMARTS) is 1. The molecule has 0 amide bonds. The van der Waals surface area contributed by atoms with Crippen molar-refractivity contribution in [3.63, 3.8) is 0 Å². The van der Waals surface area contributed by atoms with Crippen LogP contribution in [0.5, 0.6) is 0 Å². The van der Waals surface area contributed by atoms with Gasteiger partial charge in [-0.25, -0.2) is 4.79 Å². The number of nitrogens with zero attached hydrogens (tertiary/aromatic N) is 2. The summed E-state index contributed by atoms with van der Waals surface area (Å²) in [5.41, 5.74) is 1.38. The normalized spacial score (nSPS) is 17.4. The number of carboxylic acids is 1. The molecular weight excluding hydrogens is 244 g/mol. The van der Waals surface area contributed by atoms with E-state index in [0.29, 0.717) is 11.3 Å². The summed E-state index contributed by atoms with van der Waals surface area (Å²) in [6, 6.07) is 6.28. The first-order valence-corrected chi connectivity index (χ1v) is 5.59. The number of allylic oxidation sites excluding steroid dienone is 2. The summed E-state index contributed by atoms with van der Waals surface area (Å²) in [6.45, 7) is 3.78. The molecule has 0 spiro atoms. The maximum absolute atomic E-state index is 10.7. The van der Waals surface area contributed by atoms with Crippen molar-refractivity contribution in [2.24, 2.45) is 10.2 Å². The van der Waals surface area contributed by atoms with E-state index in [1.807, 2.05) is 6.08 Å². The van der Waals surface area contributed by atoms with Crippen LogP contribution in [0.2, 0.25) is 0 Å². The number of aromatic carboxylic acids is 1. The van der Waals surface area contributed by atoms with Gasteiger partial charge in [0.25, 0.3) is 0 Å². The maximum atomic E-state index is 10.7. The molecule has 1 aromatic rings. The van der Waals surface area contributed by atoms with Crippen LogP contribution < -0.4 is 0 Å². The first-order chi connectivity index (χ1) is 9.16. The fraction of sp³-hybridized carbons (Fsp3) is 0.0714. The Kier molecular flexibility index (Phi) is 3.87. The van der Waals surface area contributed by atoms with Gasteiger partial charge in [0, 0.05) is 5.56 Å². The van der Waals surface area contributed by atoms with Gasteiger partial charge in [-0.05, 0) is 24.3 Å². The van der Waals surface area contributed by atoms with Crippen molar-refractivity contribution < 1.29 is 14.6 Å². The lowest BCUT2D eigenvalue weighted by atomic mass is 10.1. The molecule has 1 atom stereocenters. The highest BCUT2D eigenvalue weighted by Crippen LogP contribution is 2.16. The molecule has 0 saturated heterocycles. The van der Waals surface area contributed by atoms with Crippen LogP contribution in [0.15, 0.2) is 65.6 Å². The molecule has 1 aliphatic heterocycles. The van der Waals surface area contributed by atoms with Gasteiger partial charge in [-0.1, -0.05) is 24.8 Å². The molecule has 0 aliphatic carbocycles. The fourth-order valence-corrected chi connectivity index (χ4v) is 1.43. The molecule has 1 heterocycles. The highest BCUT2D eigenvalue weighted by Gasteiger charge is 2.05. The number of ether oxygens (including phenoxy) is 1. The van der Waals surface area contributed by atoms with Gasteiger partial charge in [0.15, 0.2) is 0 Å². The van der Waals surface area contributed by atoms with Crippen LogP contribution in [0, 0.1) is 0 Å². The molecule has 0 radical (unpaired) electrons. The van der Waals surface area contributed by atoms with E-state index < -0.39 is 12.2 Å². The lowest BCUT2D eigenvalue weighted by Crippen LogP contribution is -2.03. The van der Waals surface area contributed by atoms with Crippen LogP contribution in [0.4, 0.5) is 0 Å². The van der Waals surface area contributed by atoms with E-state index in [1.165, 1.54) is 18.4 Å². The van der Waals surface area contributed by atoms with E-state index in [0.717, 1.165) is 0 Å². The second-order valence-electron chi connectivity index (χ2n) is 3.78. The van der Waals surface area contributed by atoms with Crippen molar-refractivity contribution in [2.45, 2.75) is 6.23 Å². The van der Waals surface area contributed by atoms with E-state index in [4.69, 9.17) is 9.84 Å². The Balaban J connectivity index is 2.03. The molecule has 1 aliphatic rings. The van der Waals surface area contributed by atoms with Gasteiger partial charge in [0.1, 0.15) is 0 Å². The number of rotatable bonds is 4. The summed E-state index contributed by atoms with van der Waals surface area (Å²) in [7, 11) is 0. The molecule has 0 saturated carbocycles. The zero-order valence-corrected chi connectivity index (χ0v) is 10.1. The summed E-state index contributed by atoms with van der Waals surface area (Å²) < 4.78 is 5.17. The lowest BCUT2D eigenvalue weighted by Gasteiger charge is -2.08. The lowest BCUT2D eigenvalue weighted by molar-refractivity contribution is 0.0697. The summed E-state index contributed by atoms with van der Waals surface area (Å²) >= 11 is 0. The van der Waals surface area contributed by atoms with Gasteiger partial charge < -0.3 is 9.84 Å². The third-order valence-corrected chi connectivity index (χ3v) is 2.44. The Labute approximate surface area is 110 Å². The molecule has 96 valence electrons. The summed E-state index contributed by atoms with van der Waals surface area (Å²) in [5.74, 6) is -0.966. The molecule has 1 unspecified atom stereocenters. The first kappa shape index (κ1) is 12.8. The molecule has 0 fully saturated rings. The van der Waals surface area contributed by atoms with Crippen LogP contribution in [-0.4, -0.2) is 17.3 Å². The minimum atomic E-state index is -0.966. The van der Waals surface area contributed by atoms with Crippen LogP contribution in [0.3, 0.4) is 0 Å². The second kappa shape index (κ2) is 5.77. The Hall–Kier alpha value is -2.69. The Morgan fingerprint density at radius 3 is 2.47 bits per heavy atom. The average Bonchev–Trinajstić information content (AvgIpc) is 2.46. The molecule has 5 heteroatoms. The van der Waals surface area contributed by atoms with Crippen molar-refractivity contribution in [2.75, 3.05) is 0 Å². The topological polar surface area (TPSA) is 71.2 Å². The number of azo groups is 1. The number of hydrogen-bond acceptors (Lipinski definition) is 4. The van der Waals surface area contributed by atoms with Gasteiger partial charge in [-0.3, -0.25) is 0 Å². The van der Waals surface area contributed by atoms with E-state index in [1.54, 1.807) is 24.3 Å². The summed E-state index contributed by atoms with van der Waals surface area (Å²) in [5, 5.41) is 16.7. The van der Waals surface area contributed by atoms with Gasteiger partial charge in [-0.15, -0.1) is 5.11 Å². The maximum Gasteiger partial charge on any atom is 0.335 e. The molecule has 0 aromatic heterocycles. The predicted octanol–water partition coefficient (Wildman–Crippen LogP) is 3.23. The Bertz CT molecular complexity index is 571. The average molecular weight is 256 g/mol. The van der Waals surface area contributed by atoms with Crippen molar-refractivity contribution in [3.05, 3.63) is 66.5 Å². The zero-order valence-electron chi connectivity index (χ0n) is 10.1. The fourth-order valence-electron chi connectivity index (χ4n) is 1.43. The number of benzene rings is 1. The van der Waals surface area contributed by atoms with Gasteiger partial charge in [0.05, 0.1) is 17.5 Å². The molecule has 0 bridgehead atoms. The van der Waals surface area contributed by atoms with Crippen molar-refractivity contribution in [1.82, 2.24) is 0 Å². The molecule has 1 N–H and O–H groups in total. The van der Waals surface area contributed by atoms with Gasteiger partial charge in [0.2, 0.25) is 6.23 Å². The number of carbonyl (C=O) groups is 1. The van der Waals surface area contributed by atoms with Crippen molar-refractivity contribution >= 4 is 11.7 Å². The highest BCUT2D eigenvalue weighted by molar-refractivity contribution is 5.88. The van der Waals surface area contributed by atoms with Gasteiger partial charge in [-0.2, -0.15) is 5.11 Å². The van der Waals surface area contributed by atoms with E-state index in [2.05, 4.69) is 16.8 Å². The van der Waals surface area contributed by atoms with E-state index >= 15 is 0 Å². The van der Waals surface area contributed by atoms with Crippen LogP contribution in [-0.2, 0) is 4.74 Å². The van der Waals surface area contributed by atoms with E-state index in [9.17, 15) is 4.79 Å². The molecule has 1 aromatic carbocycles. The third-order valence-electron chi connectivity index (χ3n) is 2.44. The molecule has 2 rings (SSSR count). The summed E-state index contributed by atoms with van der Waals surface area (Å²) in [4.78, 5) is 10.7. The van der Waals surface area contributed by atoms with Gasteiger partial charge >= 0.3 is 5.97 Å². The Morgan fingerprint density at radius 2 is 1.89 bits per heavy atom. The predicted molar refractivity (Wildman–Crippen MR) is 70.4 cm³/mol. The quantitative estimate of drug-likeness (QED) is 0.840. The minimum absolute atomic E-state index is 0.220. The second-order valence-corrected chi connectivity index (χ2v) is 3.78. The zero-order chi connectivity index (χ0) is 13.7. The molecule has 5 nitrogen and oxygen atoms in total. The van der Waals surface area contributed by atoms with Crippen LogP contribution in [0.1, 0.15) is 15.9 Å². The van der Waals surface area contributed by atoms with Crippen LogP contribution >= 0.6 is 0 Å². The largest absolute Gasteiger partial charge is 0.478 e. The van der Waals surface area contributed by atoms with Crippen LogP contribution in [0.25, 0.3) is 5.70 Å². The molecule has 19 heavy (non-hydrogen) atoms. The molecular formula is C14H12N2O3. The summed E-state index contributed by atoms with van der Waals surface area (Å²) in [6.07, 6.45) is 6.42. The standard InChI is InChI=1S/C14H12N2O3/c1-10(15-16-13-4-2-3-9-19-13)11-5-7-12(8-6-11)14(17)18/h2-9,13H,1H2,(H,17,18). The number of hydrogen-bond donors (Lipinski definition) is 1. The highest BCUT2D eigenvalue weighted by atomic mass is 16.5. The van der Waals surface area contributed by atoms with E-state index in [-0.39, 0.29) is 5.56 Å². The first-order valence-electron chi connectivity index (χ1n) is 5.59. The monoisotopic (exact) mass is 256 g/mol. The SMILES string of the molecule is C=C(N=NC1C=CC=CO1)c1ccc(C(=O)O)cc1.